The second-order valence-corrected chi connectivity index (χ2v) is 7.68. The minimum Gasteiger partial charge on any atom is -0.457 e. The molecule has 28 heavy (non-hydrogen) atoms. The van der Waals surface area contributed by atoms with Gasteiger partial charge in [-0.3, -0.25) is 4.79 Å². The number of para-hydroxylation sites is 3. The van der Waals surface area contributed by atoms with Gasteiger partial charge in [-0.15, -0.1) is 11.8 Å². The van der Waals surface area contributed by atoms with E-state index < -0.39 is 0 Å². The maximum absolute atomic E-state index is 13.1. The second-order valence-electron chi connectivity index (χ2n) is 6.83. The van der Waals surface area contributed by atoms with E-state index in [2.05, 4.69) is 36.5 Å². The van der Waals surface area contributed by atoms with Crippen LogP contribution in [0.1, 0.15) is 36.0 Å². The molecule has 1 amide bonds. The summed E-state index contributed by atoms with van der Waals surface area (Å²) in [4.78, 5) is 14.2. The highest BCUT2D eigenvalue weighted by molar-refractivity contribution is 7.98. The molecule has 3 nitrogen and oxygen atoms in total. The Bertz CT molecular complexity index is 947. The van der Waals surface area contributed by atoms with Crippen molar-refractivity contribution in [1.29, 1.82) is 0 Å². The Hall–Kier alpha value is -2.72. The van der Waals surface area contributed by atoms with Crippen LogP contribution in [0.4, 0.5) is 5.69 Å². The van der Waals surface area contributed by atoms with E-state index in [-0.39, 0.29) is 11.8 Å². The summed E-state index contributed by atoms with van der Waals surface area (Å²) in [6.07, 6.45) is 3.30. The number of aryl methyl sites for hydroxylation is 1. The number of thioether (sulfide) groups is 1. The van der Waals surface area contributed by atoms with Crippen molar-refractivity contribution in [2.45, 2.75) is 30.6 Å². The van der Waals surface area contributed by atoms with Crippen LogP contribution >= 0.6 is 11.8 Å². The van der Waals surface area contributed by atoms with Gasteiger partial charge in [-0.05, 0) is 36.4 Å². The van der Waals surface area contributed by atoms with Gasteiger partial charge in [-0.1, -0.05) is 55.5 Å². The zero-order chi connectivity index (χ0) is 19.5. The van der Waals surface area contributed by atoms with Gasteiger partial charge in [0, 0.05) is 28.4 Å². The van der Waals surface area contributed by atoms with Crippen LogP contribution in [0, 0.1) is 0 Å². The molecule has 3 aromatic rings. The lowest BCUT2D eigenvalue weighted by Gasteiger charge is -2.28. The van der Waals surface area contributed by atoms with E-state index in [4.69, 9.17) is 4.74 Å². The van der Waals surface area contributed by atoms with E-state index in [9.17, 15) is 4.79 Å². The van der Waals surface area contributed by atoms with Crippen LogP contribution in [0.15, 0.2) is 71.6 Å². The molecule has 1 aliphatic heterocycles. The number of nitrogens with one attached hydrogen (secondary N) is 1. The predicted octanol–water partition coefficient (Wildman–Crippen LogP) is 6.24. The Kier molecular flexibility index (Phi) is 5.40. The quantitative estimate of drug-likeness (QED) is 0.525. The van der Waals surface area contributed by atoms with Gasteiger partial charge >= 0.3 is 0 Å². The van der Waals surface area contributed by atoms with Gasteiger partial charge < -0.3 is 10.1 Å². The monoisotopic (exact) mass is 389 g/mol. The number of rotatable bonds is 5. The maximum atomic E-state index is 13.1. The lowest BCUT2D eigenvalue weighted by molar-refractivity contribution is -0.116. The summed E-state index contributed by atoms with van der Waals surface area (Å²) in [7, 11) is 0. The number of benzene rings is 3. The third-order valence-electron chi connectivity index (χ3n) is 5.18. The molecule has 0 spiro atoms. The normalized spacial score (nSPS) is 12.6. The summed E-state index contributed by atoms with van der Waals surface area (Å²) in [5.41, 5.74) is 4.22. The maximum Gasteiger partial charge on any atom is 0.225 e. The highest BCUT2D eigenvalue weighted by atomic mass is 32.2. The van der Waals surface area contributed by atoms with Crippen molar-refractivity contribution in [1.82, 2.24) is 0 Å². The summed E-state index contributed by atoms with van der Waals surface area (Å²) in [5, 5.41) is 3.19. The fourth-order valence-electron chi connectivity index (χ4n) is 3.79. The van der Waals surface area contributed by atoms with E-state index in [0.717, 1.165) is 45.2 Å². The minimum atomic E-state index is -0.0207. The summed E-state index contributed by atoms with van der Waals surface area (Å²) in [5.74, 6) is 1.66. The zero-order valence-electron chi connectivity index (χ0n) is 16.1. The van der Waals surface area contributed by atoms with Crippen LogP contribution in [0.25, 0.3) is 0 Å². The summed E-state index contributed by atoms with van der Waals surface area (Å²) >= 11 is 1.66. The first-order chi connectivity index (χ1) is 13.7. The van der Waals surface area contributed by atoms with Crippen molar-refractivity contribution in [2.75, 3.05) is 11.6 Å². The average molecular weight is 390 g/mol. The van der Waals surface area contributed by atoms with Crippen LogP contribution in [0.3, 0.4) is 0 Å². The van der Waals surface area contributed by atoms with Gasteiger partial charge in [0.05, 0.1) is 5.69 Å². The molecule has 0 unspecified atom stereocenters. The van der Waals surface area contributed by atoms with Gasteiger partial charge in [0.15, 0.2) is 0 Å². The summed E-state index contributed by atoms with van der Waals surface area (Å²) in [6.45, 7) is 2.11. The lowest BCUT2D eigenvalue weighted by atomic mass is 9.85. The number of fused-ring (bicyclic) bond motifs is 2. The van der Waals surface area contributed by atoms with Crippen LogP contribution in [-0.2, 0) is 11.2 Å². The predicted molar refractivity (Wildman–Crippen MR) is 116 cm³/mol. The van der Waals surface area contributed by atoms with Gasteiger partial charge in [-0.2, -0.15) is 0 Å². The molecule has 0 fully saturated rings. The van der Waals surface area contributed by atoms with Gasteiger partial charge in [0.2, 0.25) is 5.91 Å². The molecule has 142 valence electrons. The second kappa shape index (κ2) is 8.11. The van der Waals surface area contributed by atoms with E-state index in [1.807, 2.05) is 48.7 Å². The van der Waals surface area contributed by atoms with Crippen molar-refractivity contribution in [2.24, 2.45) is 0 Å². The Morgan fingerprint density at radius 3 is 2.21 bits per heavy atom. The molecule has 4 heteroatoms. The molecule has 0 atom stereocenters. The third-order valence-corrected chi connectivity index (χ3v) is 5.96. The van der Waals surface area contributed by atoms with Crippen LogP contribution in [0.5, 0.6) is 11.5 Å². The molecule has 3 aromatic carbocycles. The number of anilines is 1. The van der Waals surface area contributed by atoms with E-state index in [1.165, 1.54) is 0 Å². The van der Waals surface area contributed by atoms with Gasteiger partial charge in [-0.25, -0.2) is 0 Å². The molecular formula is C24H23NO2S. The number of hydrogen-bond acceptors (Lipinski definition) is 3. The molecule has 0 saturated heterocycles. The SMILES string of the molecule is CCc1cccc(SC)c1NC(=O)CC1c2ccccc2Oc2ccccc21. The number of amides is 1. The smallest absolute Gasteiger partial charge is 0.225 e. The number of carbonyl (C=O) groups excluding carboxylic acids is 1. The van der Waals surface area contributed by atoms with E-state index in [1.54, 1.807) is 11.8 Å². The van der Waals surface area contributed by atoms with Crippen LogP contribution in [0.2, 0.25) is 0 Å². The lowest BCUT2D eigenvalue weighted by Crippen LogP contribution is -2.20. The first kappa shape index (κ1) is 18.6. The van der Waals surface area contributed by atoms with Crippen LogP contribution < -0.4 is 10.1 Å². The van der Waals surface area contributed by atoms with E-state index >= 15 is 0 Å². The Balaban J connectivity index is 1.64. The highest BCUT2D eigenvalue weighted by Crippen LogP contribution is 2.45. The molecule has 0 bridgehead atoms. The van der Waals surface area contributed by atoms with Crippen molar-refractivity contribution < 1.29 is 9.53 Å². The fraction of sp³-hybridized carbons (Fsp3) is 0.208. The first-order valence-electron chi connectivity index (χ1n) is 9.52. The Morgan fingerprint density at radius 1 is 0.964 bits per heavy atom. The molecule has 0 radical (unpaired) electrons. The Labute approximate surface area is 170 Å². The molecule has 1 heterocycles. The van der Waals surface area contributed by atoms with Crippen molar-refractivity contribution in [3.05, 3.63) is 83.4 Å². The molecule has 0 aliphatic carbocycles. The van der Waals surface area contributed by atoms with Gasteiger partial charge in [0.25, 0.3) is 0 Å². The summed E-state index contributed by atoms with van der Waals surface area (Å²) < 4.78 is 6.05. The van der Waals surface area contributed by atoms with Gasteiger partial charge in [0.1, 0.15) is 11.5 Å². The number of hydrogen-bond donors (Lipinski definition) is 1. The molecule has 0 aromatic heterocycles. The van der Waals surface area contributed by atoms with E-state index in [0.29, 0.717) is 6.42 Å². The van der Waals surface area contributed by atoms with Crippen LogP contribution in [-0.4, -0.2) is 12.2 Å². The molecule has 1 N–H and O–H groups in total. The Morgan fingerprint density at radius 2 is 1.61 bits per heavy atom. The standard InChI is InChI=1S/C24H23NO2S/c1-3-16-9-8-14-22(28-2)24(16)25-23(26)15-19-17-10-4-6-12-20(17)27-21-13-7-5-11-18(19)21/h4-14,19H,3,15H2,1-2H3,(H,25,26). The third kappa shape index (κ3) is 3.52. The molecule has 0 saturated carbocycles. The highest BCUT2D eigenvalue weighted by Gasteiger charge is 2.29. The minimum absolute atomic E-state index is 0.0207. The topological polar surface area (TPSA) is 38.3 Å². The zero-order valence-corrected chi connectivity index (χ0v) is 16.9. The molecular weight excluding hydrogens is 366 g/mol. The largest absolute Gasteiger partial charge is 0.457 e. The molecule has 4 rings (SSSR count). The molecule has 1 aliphatic rings. The number of ether oxygens (including phenoxy) is 1. The first-order valence-corrected chi connectivity index (χ1v) is 10.7. The number of carbonyl (C=O) groups is 1. The average Bonchev–Trinajstić information content (AvgIpc) is 2.73. The van der Waals surface area contributed by atoms with Crippen molar-refractivity contribution in [3.8, 4) is 11.5 Å². The van der Waals surface area contributed by atoms with Crippen molar-refractivity contribution >= 4 is 23.4 Å². The van der Waals surface area contributed by atoms with Crippen molar-refractivity contribution in [3.63, 3.8) is 0 Å². The summed E-state index contributed by atoms with van der Waals surface area (Å²) in [6, 6.07) is 22.1. The fourth-order valence-corrected chi connectivity index (χ4v) is 4.39.